The molecule has 1 fully saturated rings. The number of rotatable bonds is 8. The number of benzene rings is 3. The molecule has 0 saturated carbocycles. The van der Waals surface area contributed by atoms with Crippen molar-refractivity contribution in [2.24, 2.45) is 5.14 Å². The zero-order valence-corrected chi connectivity index (χ0v) is 26.1. The summed E-state index contributed by atoms with van der Waals surface area (Å²) in [7, 11) is -4.53. The second-order valence-electron chi connectivity index (χ2n) is 10.8. The van der Waals surface area contributed by atoms with Crippen molar-refractivity contribution in [2.75, 3.05) is 18.4 Å². The summed E-state index contributed by atoms with van der Waals surface area (Å²) in [6.07, 6.45) is 2.46. The first kappa shape index (κ1) is 33.1. The van der Waals surface area contributed by atoms with Gasteiger partial charge in [-0.1, -0.05) is 30.3 Å². The number of ether oxygens (including phenoxy) is 1. The SMILES string of the molecule is Cc1ccc2c(C(c3ccccc3F)S(N)(=O)=O)c(F)ccc2c1Oc1ncccc1-c1ccnc(N[C@@H]2CNC[C@@H](F)C2)n1.Cl. The maximum Gasteiger partial charge on any atom is 0.228 e. The van der Waals surface area contributed by atoms with E-state index in [-0.39, 0.29) is 46.6 Å². The Bertz CT molecular complexity index is 2000. The fourth-order valence-corrected chi connectivity index (χ4v) is 6.71. The molecule has 3 aromatic carbocycles. The number of anilines is 1. The van der Waals surface area contributed by atoms with E-state index < -0.39 is 33.1 Å². The first-order valence-electron chi connectivity index (χ1n) is 14.2. The van der Waals surface area contributed by atoms with Crippen LogP contribution < -0.4 is 20.5 Å². The minimum Gasteiger partial charge on any atom is -0.437 e. The Morgan fingerprint density at radius 3 is 2.50 bits per heavy atom. The average molecular weight is 671 g/mol. The van der Waals surface area contributed by atoms with Crippen molar-refractivity contribution in [3.05, 3.63) is 107 Å². The molecular weight excluding hydrogens is 641 g/mol. The monoisotopic (exact) mass is 670 g/mol. The van der Waals surface area contributed by atoms with Crippen LogP contribution in [0.3, 0.4) is 0 Å². The molecule has 0 spiro atoms. The number of aryl methyl sites for hydroxylation is 1. The number of aromatic nitrogens is 3. The van der Waals surface area contributed by atoms with E-state index in [1.165, 1.54) is 30.5 Å². The summed E-state index contributed by atoms with van der Waals surface area (Å²) in [6, 6.07) is 16.0. The molecule has 0 aliphatic carbocycles. The number of sulfonamides is 1. The van der Waals surface area contributed by atoms with Crippen molar-refractivity contribution in [1.82, 2.24) is 20.3 Å². The highest BCUT2D eigenvalue weighted by atomic mass is 35.5. The van der Waals surface area contributed by atoms with Gasteiger partial charge in [0.05, 0.1) is 11.3 Å². The van der Waals surface area contributed by atoms with E-state index >= 15 is 4.39 Å². The molecule has 1 unspecified atom stereocenters. The van der Waals surface area contributed by atoms with E-state index in [0.29, 0.717) is 47.7 Å². The Balaban J connectivity index is 0.00000417. The van der Waals surface area contributed by atoms with Crippen LogP contribution in [0.1, 0.15) is 28.4 Å². The third-order valence-electron chi connectivity index (χ3n) is 7.65. The lowest BCUT2D eigenvalue weighted by molar-refractivity contribution is 0.254. The standard InChI is InChI=1S/C32H29F3N6O3S.ClH/c1-18-8-9-21-22(10-11-26(35)28(21)30(45(36,42)43)23-5-2-3-7-25(23)34)29(18)44-31-24(6-4-13-38-31)27-12-14-39-32(41-27)40-20-15-19(33)16-37-17-20;/h2-14,19-20,30,37H,15-17H2,1H3,(H2,36,42,43)(H,39,40,41);1H/t19-,20-,30?;/m0./s1. The van der Waals surface area contributed by atoms with Gasteiger partial charge in [0.25, 0.3) is 0 Å². The van der Waals surface area contributed by atoms with Gasteiger partial charge in [-0.2, -0.15) is 0 Å². The van der Waals surface area contributed by atoms with Crippen LogP contribution >= 0.6 is 12.4 Å². The van der Waals surface area contributed by atoms with E-state index in [2.05, 4.69) is 25.6 Å². The highest BCUT2D eigenvalue weighted by Gasteiger charge is 2.33. The molecule has 6 rings (SSSR count). The van der Waals surface area contributed by atoms with Gasteiger partial charge in [-0.05, 0) is 54.3 Å². The summed E-state index contributed by atoms with van der Waals surface area (Å²) in [4.78, 5) is 13.3. The smallest absolute Gasteiger partial charge is 0.228 e. The minimum atomic E-state index is -4.53. The molecule has 0 bridgehead atoms. The van der Waals surface area contributed by atoms with Crippen LogP contribution in [-0.2, 0) is 10.0 Å². The van der Waals surface area contributed by atoms with E-state index in [4.69, 9.17) is 9.88 Å². The molecule has 14 heteroatoms. The second kappa shape index (κ2) is 13.6. The molecule has 1 saturated heterocycles. The van der Waals surface area contributed by atoms with Gasteiger partial charge in [0.15, 0.2) is 0 Å². The largest absolute Gasteiger partial charge is 0.437 e. The second-order valence-corrected chi connectivity index (χ2v) is 12.5. The highest BCUT2D eigenvalue weighted by molar-refractivity contribution is 7.89. The summed E-state index contributed by atoms with van der Waals surface area (Å²) in [5.41, 5.74) is 1.06. The van der Waals surface area contributed by atoms with Crippen molar-refractivity contribution >= 4 is 39.2 Å². The minimum absolute atomic E-state index is 0. The van der Waals surface area contributed by atoms with Crippen LogP contribution in [0.15, 0.2) is 79.1 Å². The summed E-state index contributed by atoms with van der Waals surface area (Å²) in [5.74, 6) is -0.940. The van der Waals surface area contributed by atoms with E-state index in [9.17, 15) is 17.2 Å². The molecule has 4 N–H and O–H groups in total. The molecule has 3 heterocycles. The third kappa shape index (κ3) is 6.77. The molecule has 240 valence electrons. The van der Waals surface area contributed by atoms with Crippen molar-refractivity contribution in [3.63, 3.8) is 0 Å². The Hall–Kier alpha value is -4.30. The van der Waals surface area contributed by atoms with Crippen molar-refractivity contribution < 1.29 is 26.3 Å². The zero-order valence-electron chi connectivity index (χ0n) is 24.5. The molecule has 0 radical (unpaired) electrons. The Labute approximate surface area is 269 Å². The number of nitrogens with two attached hydrogens (primary N) is 1. The van der Waals surface area contributed by atoms with Gasteiger partial charge in [0, 0.05) is 54.5 Å². The van der Waals surface area contributed by atoms with E-state index in [1.54, 1.807) is 43.5 Å². The number of piperidine rings is 1. The number of nitrogens with zero attached hydrogens (tertiary/aromatic N) is 3. The molecule has 0 amide bonds. The molecule has 46 heavy (non-hydrogen) atoms. The van der Waals surface area contributed by atoms with Crippen molar-refractivity contribution in [3.8, 4) is 22.9 Å². The molecule has 2 aromatic heterocycles. The quantitative estimate of drug-likeness (QED) is 0.184. The number of primary sulfonamides is 1. The molecule has 1 aliphatic rings. The average Bonchev–Trinajstić information content (AvgIpc) is 3.00. The lowest BCUT2D eigenvalue weighted by Crippen LogP contribution is -2.44. The third-order valence-corrected chi connectivity index (χ3v) is 8.79. The first-order chi connectivity index (χ1) is 21.6. The maximum atomic E-state index is 15.5. The van der Waals surface area contributed by atoms with Crippen LogP contribution in [0, 0.1) is 18.6 Å². The van der Waals surface area contributed by atoms with Crippen LogP contribution in [-0.4, -0.2) is 48.7 Å². The van der Waals surface area contributed by atoms with Gasteiger partial charge in [-0.15, -0.1) is 12.4 Å². The molecule has 5 aromatic rings. The molecular formula is C32H30ClF3N6O3S. The van der Waals surface area contributed by atoms with Gasteiger partial charge in [-0.3, -0.25) is 0 Å². The Morgan fingerprint density at radius 1 is 0.957 bits per heavy atom. The van der Waals surface area contributed by atoms with Crippen LogP contribution in [0.2, 0.25) is 0 Å². The maximum absolute atomic E-state index is 15.5. The highest BCUT2D eigenvalue weighted by Crippen LogP contribution is 2.42. The number of halogens is 4. The fraction of sp³-hybridized carbons (Fsp3) is 0.219. The normalized spacial score (nSPS) is 17.2. The Kier molecular flexibility index (Phi) is 9.77. The number of nitrogens with one attached hydrogen (secondary N) is 2. The van der Waals surface area contributed by atoms with Crippen LogP contribution in [0.4, 0.5) is 19.1 Å². The molecule has 3 atom stereocenters. The van der Waals surface area contributed by atoms with Crippen molar-refractivity contribution in [2.45, 2.75) is 30.8 Å². The summed E-state index contributed by atoms with van der Waals surface area (Å²) >= 11 is 0. The van der Waals surface area contributed by atoms with Gasteiger partial charge in [0.1, 0.15) is 28.8 Å². The Morgan fingerprint density at radius 2 is 1.74 bits per heavy atom. The first-order valence-corrected chi connectivity index (χ1v) is 15.8. The van der Waals surface area contributed by atoms with Gasteiger partial charge >= 0.3 is 0 Å². The number of alkyl halides is 1. The number of fused-ring (bicyclic) bond motifs is 1. The lowest BCUT2D eigenvalue weighted by Gasteiger charge is -2.26. The molecule has 9 nitrogen and oxygen atoms in total. The number of hydrogen-bond donors (Lipinski definition) is 3. The van der Waals surface area contributed by atoms with Gasteiger partial charge in [-0.25, -0.2) is 41.7 Å². The lowest BCUT2D eigenvalue weighted by atomic mass is 9.95. The van der Waals surface area contributed by atoms with Crippen molar-refractivity contribution in [1.29, 1.82) is 0 Å². The van der Waals surface area contributed by atoms with E-state index in [1.807, 2.05) is 0 Å². The predicted molar refractivity (Wildman–Crippen MR) is 172 cm³/mol. The number of pyridine rings is 1. The topological polar surface area (TPSA) is 132 Å². The summed E-state index contributed by atoms with van der Waals surface area (Å²) < 4.78 is 76.4. The zero-order chi connectivity index (χ0) is 31.7. The predicted octanol–water partition coefficient (Wildman–Crippen LogP) is 5.98. The van der Waals surface area contributed by atoms with Crippen LogP contribution in [0.25, 0.3) is 22.0 Å². The van der Waals surface area contributed by atoms with Crippen LogP contribution in [0.5, 0.6) is 11.6 Å². The van der Waals surface area contributed by atoms with Gasteiger partial charge < -0.3 is 15.4 Å². The summed E-state index contributed by atoms with van der Waals surface area (Å²) in [6.45, 7) is 2.65. The molecule has 1 aliphatic heterocycles. The fourth-order valence-electron chi connectivity index (χ4n) is 5.59. The summed E-state index contributed by atoms with van der Waals surface area (Å²) in [5, 5.41) is 10.5. The van der Waals surface area contributed by atoms with Gasteiger partial charge in [0.2, 0.25) is 21.9 Å². The van der Waals surface area contributed by atoms with E-state index in [0.717, 1.165) is 12.1 Å². The number of hydrogen-bond acceptors (Lipinski definition) is 8.